The second-order valence-corrected chi connectivity index (χ2v) is 9.44. The van der Waals surface area contributed by atoms with E-state index in [0.717, 1.165) is 32.2 Å². The third-order valence-corrected chi connectivity index (χ3v) is 7.10. The van der Waals surface area contributed by atoms with Gasteiger partial charge in [-0.05, 0) is 79.9 Å². The zero-order chi connectivity index (χ0) is 23.0. The van der Waals surface area contributed by atoms with Gasteiger partial charge in [0, 0.05) is 20.6 Å². The highest BCUT2D eigenvalue weighted by atomic mass is 35.5. The van der Waals surface area contributed by atoms with Gasteiger partial charge in [-0.25, -0.2) is 4.90 Å². The van der Waals surface area contributed by atoms with Crippen LogP contribution in [-0.4, -0.2) is 11.8 Å². The number of nitrogens with zero attached hydrogens (tertiary/aromatic N) is 1. The molecule has 0 aromatic heterocycles. The predicted octanol–water partition coefficient (Wildman–Crippen LogP) is 6.91. The van der Waals surface area contributed by atoms with Gasteiger partial charge < -0.3 is 5.32 Å². The quantitative estimate of drug-likeness (QED) is 0.401. The number of hydrogen-bond donors (Lipinski definition) is 1. The minimum atomic E-state index is -0.424. The molecule has 0 saturated carbocycles. The van der Waals surface area contributed by atoms with Crippen molar-refractivity contribution in [1.29, 1.82) is 0 Å². The lowest BCUT2D eigenvalue weighted by atomic mass is 10.1. The molecule has 4 rings (SSSR count). The van der Waals surface area contributed by atoms with E-state index in [1.807, 2.05) is 51.1 Å². The SMILES string of the molecule is Cc1ccc(N2C(=O)C(Nc3cccc(C)c3C)=C(Sc3ccc(Cl)cc3)C2=O)cc1Cl. The van der Waals surface area contributed by atoms with Crippen LogP contribution in [0.2, 0.25) is 10.0 Å². The standard InChI is InChI=1S/C25H20Cl2N2O2S/c1-14-5-4-6-21(16(14)3)28-22-23(32-19-11-8-17(26)9-12-19)25(31)29(24(22)30)18-10-7-15(2)20(27)13-18/h4-13,28H,1-3H3. The minimum Gasteiger partial charge on any atom is -0.350 e. The highest BCUT2D eigenvalue weighted by Crippen LogP contribution is 2.39. The third-order valence-electron chi connectivity index (χ3n) is 5.35. The summed E-state index contributed by atoms with van der Waals surface area (Å²) < 4.78 is 0. The summed E-state index contributed by atoms with van der Waals surface area (Å²) in [4.78, 5) is 29.2. The molecule has 4 nitrogen and oxygen atoms in total. The first-order valence-electron chi connectivity index (χ1n) is 9.92. The number of halogens is 2. The summed E-state index contributed by atoms with van der Waals surface area (Å²) in [6, 6.07) is 18.1. The number of carbonyl (C=O) groups is 2. The van der Waals surface area contributed by atoms with E-state index < -0.39 is 11.8 Å². The van der Waals surface area contributed by atoms with Gasteiger partial charge in [-0.1, -0.05) is 53.2 Å². The summed E-state index contributed by atoms with van der Waals surface area (Å²) in [5.41, 5.74) is 4.41. The zero-order valence-electron chi connectivity index (χ0n) is 17.7. The molecule has 1 N–H and O–H groups in total. The maximum Gasteiger partial charge on any atom is 0.283 e. The fourth-order valence-electron chi connectivity index (χ4n) is 3.31. The van der Waals surface area contributed by atoms with Crippen LogP contribution in [0.4, 0.5) is 11.4 Å². The lowest BCUT2D eigenvalue weighted by molar-refractivity contribution is -0.120. The Morgan fingerprint density at radius 1 is 0.844 bits per heavy atom. The lowest BCUT2D eigenvalue weighted by Gasteiger charge is -2.16. The van der Waals surface area contributed by atoms with Crippen LogP contribution in [0.25, 0.3) is 0 Å². The molecular weight excluding hydrogens is 463 g/mol. The monoisotopic (exact) mass is 482 g/mol. The molecule has 0 unspecified atom stereocenters. The lowest BCUT2D eigenvalue weighted by Crippen LogP contribution is -2.32. The van der Waals surface area contributed by atoms with Gasteiger partial charge in [0.25, 0.3) is 11.8 Å². The van der Waals surface area contributed by atoms with E-state index in [4.69, 9.17) is 23.2 Å². The first-order chi connectivity index (χ1) is 15.3. The topological polar surface area (TPSA) is 49.4 Å². The maximum absolute atomic E-state index is 13.5. The Morgan fingerprint density at radius 3 is 2.25 bits per heavy atom. The number of nitrogens with one attached hydrogen (secondary N) is 1. The van der Waals surface area contributed by atoms with Crippen molar-refractivity contribution in [3.63, 3.8) is 0 Å². The maximum atomic E-state index is 13.5. The van der Waals surface area contributed by atoms with Gasteiger partial charge in [0.1, 0.15) is 10.6 Å². The molecule has 3 aromatic carbocycles. The average molecular weight is 483 g/mol. The van der Waals surface area contributed by atoms with Gasteiger partial charge in [-0.15, -0.1) is 0 Å². The Kier molecular flexibility index (Phi) is 6.33. The molecule has 0 saturated heterocycles. The highest BCUT2D eigenvalue weighted by Gasteiger charge is 2.40. The number of amides is 2. The van der Waals surface area contributed by atoms with E-state index in [9.17, 15) is 9.59 Å². The van der Waals surface area contributed by atoms with Crippen LogP contribution in [0.1, 0.15) is 16.7 Å². The van der Waals surface area contributed by atoms with Gasteiger partial charge >= 0.3 is 0 Å². The van der Waals surface area contributed by atoms with Crippen LogP contribution in [0.3, 0.4) is 0 Å². The number of benzene rings is 3. The van der Waals surface area contributed by atoms with Crippen molar-refractivity contribution in [2.24, 2.45) is 0 Å². The molecule has 1 aliphatic rings. The van der Waals surface area contributed by atoms with Gasteiger partial charge in [-0.3, -0.25) is 9.59 Å². The molecule has 0 fully saturated rings. The van der Waals surface area contributed by atoms with Gasteiger partial charge in [-0.2, -0.15) is 0 Å². The van der Waals surface area contributed by atoms with Crippen molar-refractivity contribution in [1.82, 2.24) is 0 Å². The number of imide groups is 1. The Morgan fingerprint density at radius 2 is 1.56 bits per heavy atom. The number of aryl methyl sites for hydroxylation is 2. The highest BCUT2D eigenvalue weighted by molar-refractivity contribution is 8.04. The molecule has 1 heterocycles. The fourth-order valence-corrected chi connectivity index (χ4v) is 4.54. The third kappa shape index (κ3) is 4.29. The van der Waals surface area contributed by atoms with Crippen LogP contribution in [0.5, 0.6) is 0 Å². The van der Waals surface area contributed by atoms with Crippen LogP contribution < -0.4 is 10.2 Å². The number of hydrogen-bond acceptors (Lipinski definition) is 4. The zero-order valence-corrected chi connectivity index (χ0v) is 20.0. The van der Waals surface area contributed by atoms with Crippen molar-refractivity contribution in [3.05, 3.63) is 98.0 Å². The summed E-state index contributed by atoms with van der Waals surface area (Å²) in [5, 5.41) is 4.32. The van der Waals surface area contributed by atoms with Crippen LogP contribution >= 0.6 is 35.0 Å². The van der Waals surface area contributed by atoms with Crippen LogP contribution in [-0.2, 0) is 9.59 Å². The molecule has 0 atom stereocenters. The number of rotatable bonds is 5. The van der Waals surface area contributed by atoms with E-state index in [-0.39, 0.29) is 5.70 Å². The summed E-state index contributed by atoms with van der Waals surface area (Å²) in [7, 11) is 0. The summed E-state index contributed by atoms with van der Waals surface area (Å²) in [5.74, 6) is -0.824. The molecule has 0 bridgehead atoms. The molecule has 7 heteroatoms. The van der Waals surface area contributed by atoms with Crippen molar-refractivity contribution in [2.45, 2.75) is 25.7 Å². The van der Waals surface area contributed by atoms with Crippen molar-refractivity contribution in [2.75, 3.05) is 10.2 Å². The number of thioether (sulfide) groups is 1. The number of anilines is 2. The van der Waals surface area contributed by atoms with Gasteiger partial charge in [0.15, 0.2) is 0 Å². The molecule has 0 spiro atoms. The van der Waals surface area contributed by atoms with Crippen LogP contribution in [0, 0.1) is 20.8 Å². The van der Waals surface area contributed by atoms with Crippen molar-refractivity contribution < 1.29 is 9.59 Å². The first kappa shape index (κ1) is 22.5. The minimum absolute atomic E-state index is 0.236. The smallest absolute Gasteiger partial charge is 0.283 e. The van der Waals surface area contributed by atoms with Crippen molar-refractivity contribution >= 4 is 58.2 Å². The molecule has 2 amide bonds. The summed E-state index contributed by atoms with van der Waals surface area (Å²) in [6.45, 7) is 5.84. The second kappa shape index (κ2) is 9.02. The molecule has 32 heavy (non-hydrogen) atoms. The van der Waals surface area contributed by atoms with E-state index in [0.29, 0.717) is 20.6 Å². The predicted molar refractivity (Wildman–Crippen MR) is 133 cm³/mol. The average Bonchev–Trinajstić information content (AvgIpc) is 2.99. The molecular formula is C25H20Cl2N2O2S. The van der Waals surface area contributed by atoms with Gasteiger partial charge in [0.05, 0.1) is 5.69 Å². The van der Waals surface area contributed by atoms with E-state index in [1.165, 1.54) is 11.8 Å². The Hall–Kier alpha value is -2.73. The largest absolute Gasteiger partial charge is 0.350 e. The Balaban J connectivity index is 1.78. The normalized spacial score (nSPS) is 13.8. The molecule has 1 aliphatic heterocycles. The van der Waals surface area contributed by atoms with Crippen LogP contribution in [0.15, 0.2) is 76.2 Å². The fraction of sp³-hybridized carbons (Fsp3) is 0.120. The van der Waals surface area contributed by atoms with E-state index in [1.54, 1.807) is 30.3 Å². The summed E-state index contributed by atoms with van der Waals surface area (Å²) >= 11 is 13.5. The van der Waals surface area contributed by atoms with Crippen molar-refractivity contribution in [3.8, 4) is 0 Å². The first-order valence-corrected chi connectivity index (χ1v) is 11.5. The second-order valence-electron chi connectivity index (χ2n) is 7.51. The summed E-state index contributed by atoms with van der Waals surface area (Å²) in [6.07, 6.45) is 0. The number of carbonyl (C=O) groups excluding carboxylic acids is 2. The molecule has 0 aliphatic carbocycles. The molecule has 3 aromatic rings. The Labute approximate surface area is 201 Å². The van der Waals surface area contributed by atoms with Gasteiger partial charge in [0.2, 0.25) is 0 Å². The Bertz CT molecular complexity index is 1270. The van der Waals surface area contributed by atoms with E-state index >= 15 is 0 Å². The molecule has 0 radical (unpaired) electrons. The molecule has 162 valence electrons. The van der Waals surface area contributed by atoms with E-state index in [2.05, 4.69) is 5.32 Å².